The summed E-state index contributed by atoms with van der Waals surface area (Å²) in [5.74, 6) is -0.679. The van der Waals surface area contributed by atoms with Gasteiger partial charge < -0.3 is 5.73 Å². The largest absolute Gasteiger partial charge is 0.326 e. The normalized spacial score (nSPS) is 21.4. The number of hydrogen-bond acceptors (Lipinski definition) is 3. The average molecular weight is 313 g/mol. The molecule has 2 rings (SSSR count). The van der Waals surface area contributed by atoms with E-state index in [1.807, 2.05) is 0 Å². The molecule has 1 saturated heterocycles. The number of nitrogens with zero attached hydrogens (tertiary/aromatic N) is 1. The Labute approximate surface area is 115 Å². The molecular weight excluding hydrogens is 302 g/mol. The number of benzene rings is 1. The van der Waals surface area contributed by atoms with E-state index in [0.29, 0.717) is 13.0 Å². The lowest BCUT2D eigenvalue weighted by atomic mass is 10.3. The summed E-state index contributed by atoms with van der Waals surface area (Å²) in [6.07, 6.45) is 0.579. The van der Waals surface area contributed by atoms with Crippen LogP contribution >= 0.6 is 23.2 Å². The zero-order valence-corrected chi connectivity index (χ0v) is 11.6. The van der Waals surface area contributed by atoms with Gasteiger partial charge in [0.05, 0.1) is 10.0 Å². The van der Waals surface area contributed by atoms with E-state index in [0.717, 1.165) is 12.1 Å². The first-order valence-electron chi connectivity index (χ1n) is 5.22. The van der Waals surface area contributed by atoms with Gasteiger partial charge >= 0.3 is 0 Å². The molecule has 18 heavy (non-hydrogen) atoms. The van der Waals surface area contributed by atoms with Gasteiger partial charge in [0.25, 0.3) is 0 Å². The molecule has 1 aromatic rings. The van der Waals surface area contributed by atoms with Gasteiger partial charge in [-0.15, -0.1) is 0 Å². The minimum Gasteiger partial charge on any atom is -0.326 e. The molecule has 1 fully saturated rings. The maximum absolute atomic E-state index is 13.0. The third-order valence-corrected chi connectivity index (χ3v) is 5.54. The van der Waals surface area contributed by atoms with Crippen molar-refractivity contribution < 1.29 is 12.8 Å². The fraction of sp³-hybridized carbons (Fsp3) is 0.400. The van der Waals surface area contributed by atoms with Crippen LogP contribution in [-0.2, 0) is 10.0 Å². The van der Waals surface area contributed by atoms with Gasteiger partial charge in [0.2, 0.25) is 10.0 Å². The van der Waals surface area contributed by atoms with E-state index in [9.17, 15) is 12.8 Å². The van der Waals surface area contributed by atoms with E-state index in [4.69, 9.17) is 28.9 Å². The number of halogens is 3. The highest BCUT2D eigenvalue weighted by molar-refractivity contribution is 7.89. The second-order valence-electron chi connectivity index (χ2n) is 4.11. The Morgan fingerprint density at radius 1 is 1.33 bits per heavy atom. The Hall–Kier alpha value is -0.400. The fourth-order valence-electron chi connectivity index (χ4n) is 1.88. The molecule has 8 heteroatoms. The summed E-state index contributed by atoms with van der Waals surface area (Å²) in [5.41, 5.74) is 5.67. The Bertz CT molecular complexity index is 556. The Morgan fingerprint density at radius 2 is 1.89 bits per heavy atom. The Morgan fingerprint density at radius 3 is 2.33 bits per heavy atom. The van der Waals surface area contributed by atoms with Crippen LogP contribution in [-0.4, -0.2) is 31.9 Å². The van der Waals surface area contributed by atoms with E-state index in [2.05, 4.69) is 0 Å². The summed E-state index contributed by atoms with van der Waals surface area (Å²) in [6, 6.07) is 1.66. The maximum Gasteiger partial charge on any atom is 0.246 e. The summed E-state index contributed by atoms with van der Waals surface area (Å²) >= 11 is 11.5. The van der Waals surface area contributed by atoms with Crippen molar-refractivity contribution >= 4 is 33.2 Å². The molecule has 0 unspecified atom stereocenters. The third kappa shape index (κ3) is 2.48. The number of rotatable bonds is 2. The molecular formula is C10H11Cl2FN2O2S. The van der Waals surface area contributed by atoms with Crippen LogP contribution in [0.5, 0.6) is 0 Å². The van der Waals surface area contributed by atoms with Gasteiger partial charge in [0.15, 0.2) is 0 Å². The predicted octanol–water partition coefficient (Wildman–Crippen LogP) is 1.85. The highest BCUT2D eigenvalue weighted by atomic mass is 35.5. The molecule has 1 atom stereocenters. The molecule has 0 radical (unpaired) electrons. The van der Waals surface area contributed by atoms with Crippen LogP contribution in [0.25, 0.3) is 0 Å². The topological polar surface area (TPSA) is 63.4 Å². The fourth-order valence-corrected chi connectivity index (χ4v) is 4.52. The van der Waals surface area contributed by atoms with Gasteiger partial charge in [-0.1, -0.05) is 23.2 Å². The number of sulfonamides is 1. The molecule has 0 aliphatic carbocycles. The Kier molecular flexibility index (Phi) is 3.85. The standard InChI is InChI=1S/C10H11Cl2FN2O2S/c11-8-3-6(13)4-9(12)10(8)18(16,17)15-2-1-7(14)5-15/h3-4,7H,1-2,5,14H2/t7-/m0/s1. The molecule has 1 heterocycles. The lowest BCUT2D eigenvalue weighted by Gasteiger charge is -2.17. The van der Waals surface area contributed by atoms with E-state index < -0.39 is 15.8 Å². The first-order valence-corrected chi connectivity index (χ1v) is 7.42. The van der Waals surface area contributed by atoms with Crippen molar-refractivity contribution in [1.29, 1.82) is 0 Å². The summed E-state index contributed by atoms with van der Waals surface area (Å²) in [5, 5.41) is -0.444. The van der Waals surface area contributed by atoms with Gasteiger partial charge in [-0.3, -0.25) is 0 Å². The highest BCUT2D eigenvalue weighted by Gasteiger charge is 2.34. The smallest absolute Gasteiger partial charge is 0.246 e. The van der Waals surface area contributed by atoms with E-state index in [-0.39, 0.29) is 27.5 Å². The van der Waals surface area contributed by atoms with Crippen LogP contribution in [0.3, 0.4) is 0 Å². The van der Waals surface area contributed by atoms with Gasteiger partial charge in [-0.2, -0.15) is 4.31 Å². The molecule has 4 nitrogen and oxygen atoms in total. The van der Waals surface area contributed by atoms with Crippen molar-refractivity contribution in [3.63, 3.8) is 0 Å². The van der Waals surface area contributed by atoms with Crippen molar-refractivity contribution in [1.82, 2.24) is 4.31 Å². The summed E-state index contributed by atoms with van der Waals surface area (Å²) in [7, 11) is -3.83. The minimum absolute atomic E-state index is 0.197. The lowest BCUT2D eigenvalue weighted by Crippen LogP contribution is -2.32. The van der Waals surface area contributed by atoms with Crippen LogP contribution in [0.4, 0.5) is 4.39 Å². The molecule has 2 N–H and O–H groups in total. The zero-order chi connectivity index (χ0) is 13.5. The molecule has 100 valence electrons. The summed E-state index contributed by atoms with van der Waals surface area (Å²) in [4.78, 5) is -0.263. The molecule has 0 bridgehead atoms. The molecule has 0 aromatic heterocycles. The number of hydrogen-bond donors (Lipinski definition) is 1. The Balaban J connectivity index is 2.48. The quantitative estimate of drug-likeness (QED) is 0.906. The minimum atomic E-state index is -3.83. The van der Waals surface area contributed by atoms with Crippen LogP contribution in [0.15, 0.2) is 17.0 Å². The van der Waals surface area contributed by atoms with Crippen molar-refractivity contribution in [3.05, 3.63) is 28.0 Å². The second kappa shape index (κ2) is 4.94. The molecule has 0 saturated carbocycles. The SMILES string of the molecule is N[C@H]1CCN(S(=O)(=O)c2c(Cl)cc(F)cc2Cl)C1. The van der Waals surface area contributed by atoms with Crippen LogP contribution in [0.2, 0.25) is 10.0 Å². The van der Waals surface area contributed by atoms with Gasteiger partial charge in [-0.05, 0) is 18.6 Å². The first kappa shape index (κ1) is 14.0. The van der Waals surface area contributed by atoms with Crippen LogP contribution in [0, 0.1) is 5.82 Å². The summed E-state index contributed by atoms with van der Waals surface area (Å²) < 4.78 is 38.9. The van der Waals surface area contributed by atoms with Crippen molar-refractivity contribution in [2.45, 2.75) is 17.4 Å². The predicted molar refractivity (Wildman–Crippen MR) is 67.8 cm³/mol. The first-order chi connectivity index (χ1) is 8.32. The maximum atomic E-state index is 13.0. The number of nitrogens with two attached hydrogens (primary N) is 1. The van der Waals surface area contributed by atoms with Crippen molar-refractivity contribution in [2.24, 2.45) is 5.73 Å². The van der Waals surface area contributed by atoms with E-state index >= 15 is 0 Å². The van der Waals surface area contributed by atoms with Crippen molar-refractivity contribution in [3.8, 4) is 0 Å². The average Bonchev–Trinajstić information content (AvgIpc) is 2.63. The van der Waals surface area contributed by atoms with Crippen molar-refractivity contribution in [2.75, 3.05) is 13.1 Å². The van der Waals surface area contributed by atoms with Crippen LogP contribution in [0.1, 0.15) is 6.42 Å². The monoisotopic (exact) mass is 312 g/mol. The van der Waals surface area contributed by atoms with E-state index in [1.54, 1.807) is 0 Å². The van der Waals surface area contributed by atoms with Gasteiger partial charge in [-0.25, -0.2) is 12.8 Å². The summed E-state index contributed by atoms with van der Waals surface area (Å²) in [6.45, 7) is 0.528. The molecule has 0 spiro atoms. The molecule has 1 aromatic carbocycles. The molecule has 0 amide bonds. The molecule has 1 aliphatic rings. The van der Waals surface area contributed by atoms with Crippen LogP contribution < -0.4 is 5.73 Å². The second-order valence-corrected chi connectivity index (χ2v) is 6.80. The highest BCUT2D eigenvalue weighted by Crippen LogP contribution is 2.33. The molecule has 1 aliphatic heterocycles. The van der Waals surface area contributed by atoms with Gasteiger partial charge in [0.1, 0.15) is 10.7 Å². The lowest BCUT2D eigenvalue weighted by molar-refractivity contribution is 0.472. The van der Waals surface area contributed by atoms with Gasteiger partial charge in [0, 0.05) is 19.1 Å². The third-order valence-electron chi connectivity index (χ3n) is 2.75. The van der Waals surface area contributed by atoms with E-state index in [1.165, 1.54) is 4.31 Å². The zero-order valence-electron chi connectivity index (χ0n) is 9.24.